The summed E-state index contributed by atoms with van der Waals surface area (Å²) in [5.41, 5.74) is 0. The Hall–Kier alpha value is -0.830. The molecule has 1 atom stereocenters. The predicted octanol–water partition coefficient (Wildman–Crippen LogP) is 4.03. The third-order valence-corrected chi connectivity index (χ3v) is 2.99. The second kappa shape index (κ2) is 7.49. The van der Waals surface area contributed by atoms with E-state index in [0.29, 0.717) is 29.4 Å². The molecule has 1 heterocycles. The molecule has 0 radical (unpaired) electrons. The van der Waals surface area contributed by atoms with Gasteiger partial charge in [0.15, 0.2) is 0 Å². The van der Waals surface area contributed by atoms with Crippen LogP contribution in [0.5, 0.6) is 5.88 Å². The van der Waals surface area contributed by atoms with E-state index in [4.69, 9.17) is 16.3 Å². The second-order valence-electron chi connectivity index (χ2n) is 4.30. The van der Waals surface area contributed by atoms with Crippen molar-refractivity contribution in [1.82, 2.24) is 9.97 Å². The molecule has 1 aromatic rings. The van der Waals surface area contributed by atoms with E-state index in [9.17, 15) is 0 Å². The summed E-state index contributed by atoms with van der Waals surface area (Å²) in [5.74, 6) is 1.83. The maximum Gasteiger partial charge on any atom is 0.218 e. The lowest BCUT2D eigenvalue weighted by atomic mass is 10.0. The van der Waals surface area contributed by atoms with E-state index in [0.717, 1.165) is 6.42 Å². The van der Waals surface area contributed by atoms with Crippen LogP contribution in [0.2, 0.25) is 5.15 Å². The largest absolute Gasteiger partial charge is 0.477 e. The first-order chi connectivity index (χ1) is 8.15. The zero-order chi connectivity index (χ0) is 12.7. The fourth-order valence-corrected chi connectivity index (χ4v) is 1.90. The van der Waals surface area contributed by atoms with E-state index >= 15 is 0 Å². The maximum absolute atomic E-state index is 5.85. The first-order valence-electron chi connectivity index (χ1n) is 6.29. The average molecular weight is 257 g/mol. The van der Waals surface area contributed by atoms with Gasteiger partial charge < -0.3 is 4.74 Å². The van der Waals surface area contributed by atoms with Crippen LogP contribution >= 0.6 is 11.6 Å². The van der Waals surface area contributed by atoms with Crippen LogP contribution in [-0.4, -0.2) is 16.6 Å². The number of ether oxygens (including phenoxy) is 1. The Kier molecular flexibility index (Phi) is 6.27. The highest BCUT2D eigenvalue weighted by Gasteiger charge is 2.08. The summed E-state index contributed by atoms with van der Waals surface area (Å²) in [6.45, 7) is 6.93. The van der Waals surface area contributed by atoms with E-state index in [2.05, 4.69) is 23.8 Å². The fraction of sp³-hybridized carbons (Fsp3) is 0.692. The number of hydrogen-bond donors (Lipinski definition) is 0. The van der Waals surface area contributed by atoms with E-state index in [1.807, 2.05) is 6.92 Å². The van der Waals surface area contributed by atoms with Crippen LogP contribution in [0.25, 0.3) is 0 Å². The minimum Gasteiger partial charge on any atom is -0.477 e. The van der Waals surface area contributed by atoms with Crippen LogP contribution in [0.1, 0.15) is 45.4 Å². The lowest BCUT2D eigenvalue weighted by Gasteiger charge is -2.15. The first kappa shape index (κ1) is 14.2. The minimum atomic E-state index is 0.439. The Balaban J connectivity index is 2.47. The number of nitrogens with zero attached hydrogens (tertiary/aromatic N) is 2. The van der Waals surface area contributed by atoms with Crippen molar-refractivity contribution in [2.75, 3.05) is 6.61 Å². The number of unbranched alkanes of at least 4 members (excludes halogenated alkanes) is 1. The van der Waals surface area contributed by atoms with E-state index in [1.54, 1.807) is 6.07 Å². The van der Waals surface area contributed by atoms with Crippen molar-refractivity contribution in [3.63, 3.8) is 0 Å². The number of hydrogen-bond acceptors (Lipinski definition) is 3. The van der Waals surface area contributed by atoms with Gasteiger partial charge in [0, 0.05) is 6.07 Å². The number of halogens is 1. The Morgan fingerprint density at radius 1 is 1.35 bits per heavy atom. The summed E-state index contributed by atoms with van der Waals surface area (Å²) in [6.07, 6.45) is 4.84. The molecular formula is C13H21ClN2O. The monoisotopic (exact) mass is 256 g/mol. The Morgan fingerprint density at radius 2 is 2.12 bits per heavy atom. The van der Waals surface area contributed by atoms with Crippen molar-refractivity contribution in [2.24, 2.45) is 5.92 Å². The summed E-state index contributed by atoms with van der Waals surface area (Å²) < 4.78 is 5.68. The molecule has 96 valence electrons. The van der Waals surface area contributed by atoms with Crippen LogP contribution in [0.4, 0.5) is 0 Å². The normalized spacial score (nSPS) is 12.5. The van der Waals surface area contributed by atoms with Gasteiger partial charge in [-0.25, -0.2) is 4.98 Å². The molecule has 1 unspecified atom stereocenters. The average Bonchev–Trinajstić information content (AvgIpc) is 2.28. The molecule has 0 saturated carbocycles. The van der Waals surface area contributed by atoms with Gasteiger partial charge in [0.05, 0.1) is 6.61 Å². The van der Waals surface area contributed by atoms with Gasteiger partial charge in [0.1, 0.15) is 11.0 Å². The van der Waals surface area contributed by atoms with Crippen molar-refractivity contribution in [3.8, 4) is 5.88 Å². The molecule has 0 amide bonds. The topological polar surface area (TPSA) is 35.0 Å². The number of aryl methyl sites for hydroxylation is 1. The van der Waals surface area contributed by atoms with Crippen molar-refractivity contribution >= 4 is 11.6 Å². The molecule has 0 bridgehead atoms. The van der Waals surface area contributed by atoms with Gasteiger partial charge in [-0.3, -0.25) is 0 Å². The summed E-state index contributed by atoms with van der Waals surface area (Å²) in [7, 11) is 0. The van der Waals surface area contributed by atoms with Gasteiger partial charge in [0.25, 0.3) is 0 Å². The molecule has 0 aliphatic heterocycles. The van der Waals surface area contributed by atoms with Gasteiger partial charge in [-0.2, -0.15) is 4.98 Å². The minimum absolute atomic E-state index is 0.439. The zero-order valence-corrected chi connectivity index (χ0v) is 11.6. The molecule has 0 fully saturated rings. The van der Waals surface area contributed by atoms with Crippen LogP contribution < -0.4 is 4.74 Å². The smallest absolute Gasteiger partial charge is 0.218 e. The molecule has 17 heavy (non-hydrogen) atoms. The Labute approximate surface area is 109 Å². The lowest BCUT2D eigenvalue weighted by Crippen LogP contribution is -2.12. The standard InChI is InChI=1S/C13H21ClN2O/c1-4-6-7-11(5-2)9-17-13-8-12(14)15-10(3)16-13/h8,11H,4-7,9H2,1-3H3. The summed E-state index contributed by atoms with van der Waals surface area (Å²) in [5, 5.41) is 0.439. The highest BCUT2D eigenvalue weighted by molar-refractivity contribution is 6.29. The molecule has 1 rings (SSSR count). The second-order valence-corrected chi connectivity index (χ2v) is 4.69. The molecule has 0 saturated heterocycles. The third kappa shape index (κ3) is 5.35. The molecule has 3 nitrogen and oxygen atoms in total. The van der Waals surface area contributed by atoms with Gasteiger partial charge in [0.2, 0.25) is 5.88 Å². The van der Waals surface area contributed by atoms with Crippen molar-refractivity contribution < 1.29 is 4.74 Å². The SMILES string of the molecule is CCCCC(CC)COc1cc(Cl)nc(C)n1. The lowest BCUT2D eigenvalue weighted by molar-refractivity contribution is 0.225. The Morgan fingerprint density at radius 3 is 2.71 bits per heavy atom. The molecule has 4 heteroatoms. The van der Waals surface area contributed by atoms with Crippen LogP contribution in [0, 0.1) is 12.8 Å². The number of rotatable bonds is 7. The molecule has 1 aromatic heterocycles. The van der Waals surface area contributed by atoms with Crippen LogP contribution in [0.15, 0.2) is 6.07 Å². The quantitative estimate of drug-likeness (QED) is 0.691. The van der Waals surface area contributed by atoms with Gasteiger partial charge in [-0.05, 0) is 19.3 Å². The zero-order valence-electron chi connectivity index (χ0n) is 10.9. The van der Waals surface area contributed by atoms with Crippen molar-refractivity contribution in [2.45, 2.75) is 46.5 Å². The van der Waals surface area contributed by atoms with E-state index in [-0.39, 0.29) is 0 Å². The van der Waals surface area contributed by atoms with Crippen molar-refractivity contribution in [3.05, 3.63) is 17.0 Å². The van der Waals surface area contributed by atoms with Crippen molar-refractivity contribution in [1.29, 1.82) is 0 Å². The fourth-order valence-electron chi connectivity index (χ4n) is 1.68. The highest BCUT2D eigenvalue weighted by Crippen LogP contribution is 2.17. The maximum atomic E-state index is 5.85. The molecule has 0 aliphatic carbocycles. The summed E-state index contributed by atoms with van der Waals surface area (Å²) >= 11 is 5.85. The molecule has 0 spiro atoms. The molecule has 0 aromatic carbocycles. The van der Waals surface area contributed by atoms with Gasteiger partial charge in [-0.1, -0.05) is 44.7 Å². The third-order valence-electron chi connectivity index (χ3n) is 2.79. The van der Waals surface area contributed by atoms with Crippen LogP contribution in [0.3, 0.4) is 0 Å². The summed E-state index contributed by atoms with van der Waals surface area (Å²) in [6, 6.07) is 1.67. The van der Waals surface area contributed by atoms with Crippen LogP contribution in [-0.2, 0) is 0 Å². The molecular weight excluding hydrogens is 236 g/mol. The molecule has 0 aliphatic rings. The number of aromatic nitrogens is 2. The first-order valence-corrected chi connectivity index (χ1v) is 6.67. The molecule has 0 N–H and O–H groups in total. The van der Waals surface area contributed by atoms with Gasteiger partial charge in [-0.15, -0.1) is 0 Å². The van der Waals surface area contributed by atoms with E-state index in [1.165, 1.54) is 19.3 Å². The Bertz CT molecular complexity index is 324. The van der Waals surface area contributed by atoms with Gasteiger partial charge >= 0.3 is 0 Å². The van der Waals surface area contributed by atoms with E-state index < -0.39 is 0 Å². The predicted molar refractivity (Wildman–Crippen MR) is 70.6 cm³/mol. The highest BCUT2D eigenvalue weighted by atomic mass is 35.5. The summed E-state index contributed by atoms with van der Waals surface area (Å²) in [4.78, 5) is 8.21.